The highest BCUT2D eigenvalue weighted by Crippen LogP contribution is 2.21. The van der Waals surface area contributed by atoms with Crippen LogP contribution in [0.4, 0.5) is 5.69 Å². The van der Waals surface area contributed by atoms with Crippen LogP contribution in [-0.2, 0) is 22.4 Å². The molecule has 0 fully saturated rings. The summed E-state index contributed by atoms with van der Waals surface area (Å²) < 4.78 is 0. The molecule has 0 aliphatic heterocycles. The van der Waals surface area contributed by atoms with Crippen LogP contribution in [0.2, 0.25) is 0 Å². The van der Waals surface area contributed by atoms with Crippen LogP contribution in [-0.4, -0.2) is 22.0 Å². The van der Waals surface area contributed by atoms with Gasteiger partial charge in [-0.05, 0) is 37.3 Å². The molecule has 2 rings (SSSR count). The lowest BCUT2D eigenvalue weighted by Crippen LogP contribution is -2.22. The van der Waals surface area contributed by atoms with Gasteiger partial charge in [-0.15, -0.1) is 0 Å². The van der Waals surface area contributed by atoms with Gasteiger partial charge in [-0.3, -0.25) is 9.78 Å². The van der Waals surface area contributed by atoms with Crippen molar-refractivity contribution >= 4 is 17.6 Å². The van der Waals surface area contributed by atoms with E-state index >= 15 is 0 Å². The predicted octanol–water partition coefficient (Wildman–Crippen LogP) is 0.983. The molecule has 84 valence electrons. The molecule has 16 heavy (non-hydrogen) atoms. The van der Waals surface area contributed by atoms with Crippen molar-refractivity contribution in [3.8, 4) is 0 Å². The first-order valence-electron chi connectivity index (χ1n) is 5.19. The number of hydrogen-bond donors (Lipinski definition) is 2. The van der Waals surface area contributed by atoms with E-state index in [1.807, 2.05) is 6.07 Å². The topological polar surface area (TPSA) is 79.3 Å². The van der Waals surface area contributed by atoms with Gasteiger partial charge in [0.15, 0.2) is 0 Å². The molecule has 0 radical (unpaired) electrons. The van der Waals surface area contributed by atoms with Gasteiger partial charge in [0.05, 0.1) is 11.9 Å². The highest BCUT2D eigenvalue weighted by Gasteiger charge is 2.14. The average Bonchev–Trinajstić information content (AvgIpc) is 2.28. The van der Waals surface area contributed by atoms with Crippen LogP contribution < -0.4 is 5.32 Å². The number of anilines is 1. The molecule has 0 unspecified atom stereocenters. The Morgan fingerprint density at radius 2 is 2.06 bits per heavy atom. The summed E-state index contributed by atoms with van der Waals surface area (Å²) in [4.78, 5) is 25.5. The quantitative estimate of drug-likeness (QED) is 0.691. The van der Waals surface area contributed by atoms with E-state index in [2.05, 4.69) is 10.3 Å². The molecule has 5 nitrogen and oxygen atoms in total. The Bertz CT molecular complexity index is 443. The van der Waals surface area contributed by atoms with Crippen molar-refractivity contribution in [2.45, 2.75) is 25.7 Å². The molecule has 1 heterocycles. The van der Waals surface area contributed by atoms with Gasteiger partial charge in [-0.1, -0.05) is 0 Å². The monoisotopic (exact) mass is 220 g/mol. The van der Waals surface area contributed by atoms with Gasteiger partial charge in [-0.25, -0.2) is 4.79 Å². The number of carbonyl (C=O) groups excluding carboxylic acids is 1. The second kappa shape index (κ2) is 4.30. The Labute approximate surface area is 92.5 Å². The third kappa shape index (κ3) is 2.18. The number of pyridine rings is 1. The van der Waals surface area contributed by atoms with Gasteiger partial charge in [0.1, 0.15) is 0 Å². The molecule has 2 N–H and O–H groups in total. The van der Waals surface area contributed by atoms with E-state index in [-0.39, 0.29) is 0 Å². The van der Waals surface area contributed by atoms with E-state index in [0.717, 1.165) is 36.9 Å². The second-order valence-electron chi connectivity index (χ2n) is 3.80. The molecule has 5 heteroatoms. The van der Waals surface area contributed by atoms with Gasteiger partial charge in [0.2, 0.25) is 0 Å². The molecule has 1 aliphatic rings. The molecule has 0 aromatic carbocycles. The number of nitrogens with one attached hydrogen (secondary N) is 1. The SMILES string of the molecule is O=C(O)C(=O)Nc1cnc2c(c1)CCCC2. The number of aliphatic carboxylic acids is 1. The first kappa shape index (κ1) is 10.6. The van der Waals surface area contributed by atoms with E-state index in [4.69, 9.17) is 5.11 Å². The number of hydrogen-bond acceptors (Lipinski definition) is 3. The minimum Gasteiger partial charge on any atom is -0.474 e. The number of carbonyl (C=O) groups is 2. The molecule has 1 aliphatic carbocycles. The highest BCUT2D eigenvalue weighted by atomic mass is 16.4. The summed E-state index contributed by atoms with van der Waals surface area (Å²) in [6, 6.07) is 1.81. The van der Waals surface area contributed by atoms with Crippen molar-refractivity contribution in [3.05, 3.63) is 23.5 Å². The van der Waals surface area contributed by atoms with Gasteiger partial charge in [-0.2, -0.15) is 0 Å². The molecular weight excluding hydrogens is 208 g/mol. The fourth-order valence-corrected chi connectivity index (χ4v) is 1.84. The zero-order chi connectivity index (χ0) is 11.5. The predicted molar refractivity (Wildman–Crippen MR) is 57.1 cm³/mol. The van der Waals surface area contributed by atoms with E-state index in [0.29, 0.717) is 5.69 Å². The van der Waals surface area contributed by atoms with Crippen molar-refractivity contribution in [1.29, 1.82) is 0 Å². The highest BCUT2D eigenvalue weighted by molar-refractivity contribution is 6.36. The summed E-state index contributed by atoms with van der Waals surface area (Å²) in [6.45, 7) is 0. The number of carboxylic acid groups (broad SMARTS) is 1. The number of fused-ring (bicyclic) bond motifs is 1. The number of rotatable bonds is 1. The standard InChI is InChI=1S/C11H12N2O3/c14-10(11(15)16)13-8-5-7-3-1-2-4-9(7)12-6-8/h5-6H,1-4H2,(H,13,14)(H,15,16). The van der Waals surface area contributed by atoms with Crippen LogP contribution in [0.5, 0.6) is 0 Å². The summed E-state index contributed by atoms with van der Waals surface area (Å²) in [5.74, 6) is -2.52. The molecule has 0 bridgehead atoms. The number of nitrogens with zero attached hydrogens (tertiary/aromatic N) is 1. The van der Waals surface area contributed by atoms with Crippen LogP contribution in [0.25, 0.3) is 0 Å². The number of carboxylic acids is 1. The maximum absolute atomic E-state index is 10.9. The average molecular weight is 220 g/mol. The van der Waals surface area contributed by atoms with E-state index in [1.165, 1.54) is 6.20 Å². The maximum Gasteiger partial charge on any atom is 0.394 e. The molecule has 1 aromatic rings. The van der Waals surface area contributed by atoms with E-state index in [9.17, 15) is 9.59 Å². The second-order valence-corrected chi connectivity index (χ2v) is 3.80. The molecule has 1 amide bonds. The molecule has 0 saturated heterocycles. The molecule has 1 aromatic heterocycles. The van der Waals surface area contributed by atoms with Crippen molar-refractivity contribution in [3.63, 3.8) is 0 Å². The third-order valence-corrected chi connectivity index (χ3v) is 2.62. The zero-order valence-electron chi connectivity index (χ0n) is 8.69. The van der Waals surface area contributed by atoms with Gasteiger partial charge < -0.3 is 10.4 Å². The lowest BCUT2D eigenvalue weighted by atomic mass is 9.96. The first-order chi connectivity index (χ1) is 7.66. The van der Waals surface area contributed by atoms with E-state index < -0.39 is 11.9 Å². The van der Waals surface area contributed by atoms with Crippen LogP contribution in [0, 0.1) is 0 Å². The van der Waals surface area contributed by atoms with Gasteiger partial charge in [0.25, 0.3) is 0 Å². The Morgan fingerprint density at radius 3 is 2.81 bits per heavy atom. The van der Waals surface area contributed by atoms with Crippen LogP contribution >= 0.6 is 0 Å². The van der Waals surface area contributed by atoms with Crippen molar-refractivity contribution < 1.29 is 14.7 Å². The van der Waals surface area contributed by atoms with Gasteiger partial charge in [0, 0.05) is 5.69 Å². The van der Waals surface area contributed by atoms with Crippen LogP contribution in [0.3, 0.4) is 0 Å². The minimum atomic E-state index is -1.49. The lowest BCUT2D eigenvalue weighted by molar-refractivity contribution is -0.147. The minimum absolute atomic E-state index is 0.452. The first-order valence-corrected chi connectivity index (χ1v) is 5.19. The van der Waals surface area contributed by atoms with Crippen molar-refractivity contribution in [2.75, 3.05) is 5.32 Å². The summed E-state index contributed by atoms with van der Waals surface area (Å²) in [7, 11) is 0. The Balaban J connectivity index is 2.17. The molecule has 0 saturated carbocycles. The Hall–Kier alpha value is -1.91. The third-order valence-electron chi connectivity index (χ3n) is 2.62. The van der Waals surface area contributed by atoms with Crippen molar-refractivity contribution in [2.24, 2.45) is 0 Å². The smallest absolute Gasteiger partial charge is 0.394 e. The summed E-state index contributed by atoms with van der Waals surface area (Å²) >= 11 is 0. The molecular formula is C11H12N2O3. The van der Waals surface area contributed by atoms with Crippen molar-refractivity contribution in [1.82, 2.24) is 4.98 Å². The van der Waals surface area contributed by atoms with E-state index in [1.54, 1.807) is 0 Å². The Kier molecular flexibility index (Phi) is 2.85. The largest absolute Gasteiger partial charge is 0.474 e. The normalized spacial score (nSPS) is 14.0. The lowest BCUT2D eigenvalue weighted by Gasteiger charge is -2.15. The molecule has 0 atom stereocenters. The zero-order valence-corrected chi connectivity index (χ0v) is 8.69. The number of aromatic nitrogens is 1. The van der Waals surface area contributed by atoms with Crippen LogP contribution in [0.1, 0.15) is 24.1 Å². The maximum atomic E-state index is 10.9. The van der Waals surface area contributed by atoms with Crippen LogP contribution in [0.15, 0.2) is 12.3 Å². The fourth-order valence-electron chi connectivity index (χ4n) is 1.84. The fraction of sp³-hybridized carbons (Fsp3) is 0.364. The van der Waals surface area contributed by atoms with Gasteiger partial charge >= 0.3 is 11.9 Å². The summed E-state index contributed by atoms with van der Waals surface area (Å²) in [6.07, 6.45) is 5.67. The Morgan fingerprint density at radius 1 is 1.31 bits per heavy atom. The summed E-state index contributed by atoms with van der Waals surface area (Å²) in [5.41, 5.74) is 2.61. The summed E-state index contributed by atoms with van der Waals surface area (Å²) in [5, 5.41) is 10.7. The number of amides is 1. The number of aryl methyl sites for hydroxylation is 2. The molecule has 0 spiro atoms.